The molecule has 0 amide bonds. The van der Waals surface area contributed by atoms with E-state index in [2.05, 4.69) is 11.1 Å². The highest BCUT2D eigenvalue weighted by atomic mass is 16.5. The van der Waals surface area contributed by atoms with E-state index in [0.29, 0.717) is 33.6 Å². The lowest BCUT2D eigenvalue weighted by Crippen LogP contribution is -2.17. The van der Waals surface area contributed by atoms with Gasteiger partial charge in [-0.2, -0.15) is 5.26 Å². The molecule has 0 N–H and O–H groups in total. The molecule has 4 rings (SSSR count). The van der Waals surface area contributed by atoms with Crippen molar-refractivity contribution in [1.82, 2.24) is 9.38 Å². The van der Waals surface area contributed by atoms with Gasteiger partial charge < -0.3 is 4.74 Å². The van der Waals surface area contributed by atoms with Crippen LogP contribution in [-0.4, -0.2) is 15.4 Å². The molecular formula is C24H17N3O3. The van der Waals surface area contributed by atoms with Crippen LogP contribution >= 0.6 is 0 Å². The summed E-state index contributed by atoms with van der Waals surface area (Å²) in [5.74, 6) is -0.551. The summed E-state index contributed by atoms with van der Waals surface area (Å²) in [5, 5.41) is 9.39. The maximum atomic E-state index is 12.8. The van der Waals surface area contributed by atoms with E-state index in [-0.39, 0.29) is 12.2 Å². The minimum Gasteiger partial charge on any atom is -0.456 e. The Balaban J connectivity index is 1.64. The lowest BCUT2D eigenvalue weighted by atomic mass is 9.96. The molecule has 0 unspecified atom stereocenters. The van der Waals surface area contributed by atoms with Gasteiger partial charge in [0.25, 0.3) is 5.56 Å². The number of hydrogen-bond acceptors (Lipinski definition) is 5. The van der Waals surface area contributed by atoms with Gasteiger partial charge in [-0.3, -0.25) is 9.20 Å². The number of esters is 1. The van der Waals surface area contributed by atoms with Gasteiger partial charge in [0, 0.05) is 17.8 Å². The standard InChI is InChI=1S/C24H17N3O3/c1-16-7-6-12-27-22(28)13-18(26-23(16)27)15-30-24(29)21-11-5-4-10-20(21)19-9-3-2-8-17(19)14-25/h2-13H,15H2,1H3. The Morgan fingerprint density at radius 2 is 1.80 bits per heavy atom. The van der Waals surface area contributed by atoms with Crippen LogP contribution in [0.25, 0.3) is 16.8 Å². The molecule has 2 aromatic heterocycles. The first kappa shape index (κ1) is 19.1. The van der Waals surface area contributed by atoms with Crippen molar-refractivity contribution in [3.8, 4) is 17.2 Å². The minimum absolute atomic E-state index is 0.132. The first-order chi connectivity index (χ1) is 14.6. The Morgan fingerprint density at radius 3 is 2.60 bits per heavy atom. The summed E-state index contributed by atoms with van der Waals surface area (Å²) < 4.78 is 6.91. The normalized spacial score (nSPS) is 10.5. The lowest BCUT2D eigenvalue weighted by molar-refractivity contribution is 0.0468. The van der Waals surface area contributed by atoms with Crippen LogP contribution in [0.5, 0.6) is 0 Å². The number of pyridine rings is 1. The Kier molecular flexibility index (Phi) is 5.10. The van der Waals surface area contributed by atoms with Crippen molar-refractivity contribution in [2.45, 2.75) is 13.5 Å². The summed E-state index contributed by atoms with van der Waals surface area (Å²) >= 11 is 0. The number of nitrogens with zero attached hydrogens (tertiary/aromatic N) is 3. The van der Waals surface area contributed by atoms with Crippen molar-refractivity contribution in [2.24, 2.45) is 0 Å². The lowest BCUT2D eigenvalue weighted by Gasteiger charge is -2.11. The molecule has 146 valence electrons. The molecule has 0 radical (unpaired) electrons. The fourth-order valence-electron chi connectivity index (χ4n) is 3.31. The number of hydrogen-bond donors (Lipinski definition) is 0. The van der Waals surface area contributed by atoms with Gasteiger partial charge in [0.15, 0.2) is 0 Å². The van der Waals surface area contributed by atoms with E-state index in [1.807, 2.05) is 19.1 Å². The zero-order valence-corrected chi connectivity index (χ0v) is 16.2. The van der Waals surface area contributed by atoms with Gasteiger partial charge in [-0.25, -0.2) is 9.78 Å². The predicted molar refractivity (Wildman–Crippen MR) is 112 cm³/mol. The summed E-state index contributed by atoms with van der Waals surface area (Å²) in [4.78, 5) is 29.6. The number of carbonyl (C=O) groups is 1. The Labute approximate surface area is 172 Å². The summed E-state index contributed by atoms with van der Waals surface area (Å²) in [7, 11) is 0. The maximum Gasteiger partial charge on any atom is 0.339 e. The molecule has 6 heteroatoms. The van der Waals surface area contributed by atoms with Gasteiger partial charge in [0.2, 0.25) is 0 Å². The van der Waals surface area contributed by atoms with Gasteiger partial charge in [0.1, 0.15) is 12.3 Å². The molecule has 0 aliphatic carbocycles. The molecule has 0 fully saturated rings. The number of fused-ring (bicyclic) bond motifs is 1. The van der Waals surface area contributed by atoms with Crippen molar-refractivity contribution in [3.05, 3.63) is 106 Å². The Bertz CT molecular complexity index is 1370. The summed E-state index contributed by atoms with van der Waals surface area (Å²) in [6, 6.07) is 21.2. The molecular weight excluding hydrogens is 378 g/mol. The topological polar surface area (TPSA) is 84.5 Å². The molecule has 2 aromatic carbocycles. The third kappa shape index (κ3) is 3.56. The molecule has 0 bridgehead atoms. The fourth-order valence-corrected chi connectivity index (χ4v) is 3.31. The fraction of sp³-hybridized carbons (Fsp3) is 0.0833. The van der Waals surface area contributed by atoms with Gasteiger partial charge in [-0.1, -0.05) is 42.5 Å². The number of aromatic nitrogens is 2. The molecule has 0 aliphatic heterocycles. The third-order valence-electron chi connectivity index (χ3n) is 4.78. The third-order valence-corrected chi connectivity index (χ3v) is 4.78. The van der Waals surface area contributed by atoms with Crippen molar-refractivity contribution < 1.29 is 9.53 Å². The molecule has 6 nitrogen and oxygen atoms in total. The van der Waals surface area contributed by atoms with E-state index in [1.54, 1.807) is 54.7 Å². The van der Waals surface area contributed by atoms with Gasteiger partial charge in [-0.05, 0) is 36.2 Å². The molecule has 30 heavy (non-hydrogen) atoms. The van der Waals surface area contributed by atoms with Crippen LogP contribution in [-0.2, 0) is 11.3 Å². The Hall–Kier alpha value is -4.24. The number of rotatable bonds is 4. The first-order valence-corrected chi connectivity index (χ1v) is 9.32. The zero-order chi connectivity index (χ0) is 21.1. The van der Waals surface area contributed by atoms with E-state index in [9.17, 15) is 14.9 Å². The molecule has 2 heterocycles. The quantitative estimate of drug-likeness (QED) is 0.489. The maximum absolute atomic E-state index is 12.8. The number of carbonyl (C=O) groups excluding carboxylic acids is 1. The van der Waals surface area contributed by atoms with Crippen LogP contribution in [0.3, 0.4) is 0 Å². The number of nitriles is 1. The van der Waals surface area contributed by atoms with Gasteiger partial charge in [0.05, 0.1) is 22.9 Å². The van der Waals surface area contributed by atoms with Gasteiger partial charge in [-0.15, -0.1) is 0 Å². The SMILES string of the molecule is Cc1cccn2c(=O)cc(COC(=O)c3ccccc3-c3ccccc3C#N)nc12. The summed E-state index contributed by atoms with van der Waals surface area (Å²) in [6.07, 6.45) is 1.65. The van der Waals surface area contributed by atoms with E-state index >= 15 is 0 Å². The molecule has 0 saturated heterocycles. The second-order valence-corrected chi connectivity index (χ2v) is 6.75. The highest BCUT2D eigenvalue weighted by Gasteiger charge is 2.16. The molecule has 0 aliphatic rings. The van der Waals surface area contributed by atoms with Crippen molar-refractivity contribution in [3.63, 3.8) is 0 Å². The van der Waals surface area contributed by atoms with Crippen LogP contribution in [0.4, 0.5) is 0 Å². The van der Waals surface area contributed by atoms with E-state index in [0.717, 1.165) is 5.56 Å². The molecule has 4 aromatic rings. The van der Waals surface area contributed by atoms with Crippen LogP contribution in [0.2, 0.25) is 0 Å². The predicted octanol–water partition coefficient (Wildman–Crippen LogP) is 3.90. The van der Waals surface area contributed by atoms with Crippen LogP contribution < -0.4 is 5.56 Å². The van der Waals surface area contributed by atoms with Crippen LogP contribution in [0.1, 0.15) is 27.2 Å². The largest absolute Gasteiger partial charge is 0.456 e. The average molecular weight is 395 g/mol. The van der Waals surface area contributed by atoms with Crippen LogP contribution in [0, 0.1) is 18.3 Å². The average Bonchev–Trinajstić information content (AvgIpc) is 2.78. The van der Waals surface area contributed by atoms with Crippen molar-refractivity contribution in [1.29, 1.82) is 5.26 Å². The van der Waals surface area contributed by atoms with Crippen LogP contribution in [0.15, 0.2) is 77.7 Å². The minimum atomic E-state index is -0.551. The molecule has 0 saturated carbocycles. The van der Waals surface area contributed by atoms with E-state index in [4.69, 9.17) is 4.74 Å². The highest BCUT2D eigenvalue weighted by Crippen LogP contribution is 2.27. The summed E-state index contributed by atoms with van der Waals surface area (Å²) in [6.45, 7) is 1.73. The van der Waals surface area contributed by atoms with Gasteiger partial charge >= 0.3 is 5.97 Å². The molecule has 0 spiro atoms. The second-order valence-electron chi connectivity index (χ2n) is 6.75. The smallest absolute Gasteiger partial charge is 0.339 e. The van der Waals surface area contributed by atoms with Crippen molar-refractivity contribution >= 4 is 11.6 Å². The zero-order valence-electron chi connectivity index (χ0n) is 16.2. The first-order valence-electron chi connectivity index (χ1n) is 9.32. The number of benzene rings is 2. The molecule has 0 atom stereocenters. The van der Waals surface area contributed by atoms with E-state index < -0.39 is 5.97 Å². The highest BCUT2D eigenvalue weighted by molar-refractivity contribution is 5.98. The number of ether oxygens (including phenoxy) is 1. The second kappa shape index (κ2) is 8.02. The van der Waals surface area contributed by atoms with E-state index in [1.165, 1.54) is 10.5 Å². The summed E-state index contributed by atoms with van der Waals surface area (Å²) in [5.41, 5.74) is 3.59. The monoisotopic (exact) mass is 395 g/mol. The number of aryl methyl sites for hydroxylation is 1. The Morgan fingerprint density at radius 1 is 1.07 bits per heavy atom. The van der Waals surface area contributed by atoms with Crippen molar-refractivity contribution in [2.75, 3.05) is 0 Å².